The number of rotatable bonds is 1. The monoisotopic (exact) mass is 362 g/mol. The summed E-state index contributed by atoms with van der Waals surface area (Å²) in [6, 6.07) is 9.82. The number of fused-ring (bicyclic) bond motifs is 1. The molecule has 0 spiro atoms. The van der Waals surface area contributed by atoms with Crippen LogP contribution >= 0.6 is 0 Å². The summed E-state index contributed by atoms with van der Waals surface area (Å²) in [5.41, 5.74) is 8.52. The molecule has 1 aromatic carbocycles. The number of hydrogen-bond acceptors (Lipinski definition) is 5. The molecule has 0 unspecified atom stereocenters. The lowest BCUT2D eigenvalue weighted by molar-refractivity contribution is -0.137. The molecule has 3 heterocycles. The van der Waals surface area contributed by atoms with Gasteiger partial charge in [-0.05, 0) is 30.2 Å². The Kier molecular flexibility index (Phi) is 4.25. The first-order chi connectivity index (χ1) is 13.0. The van der Waals surface area contributed by atoms with Crippen LogP contribution in [0, 0.1) is 11.8 Å². The zero-order valence-electron chi connectivity index (χ0n) is 15.3. The number of likely N-dealkylation sites (tertiary alicyclic amines) is 1. The van der Waals surface area contributed by atoms with E-state index in [1.165, 1.54) is 10.5 Å². The Balaban J connectivity index is 1.65. The van der Waals surface area contributed by atoms with Crippen molar-refractivity contribution in [3.63, 3.8) is 0 Å². The molecule has 0 radical (unpaired) electrons. The Labute approximate surface area is 158 Å². The van der Waals surface area contributed by atoms with Gasteiger partial charge in [0, 0.05) is 50.4 Å². The molecule has 1 atom stereocenters. The maximum Gasteiger partial charge on any atom is 0.267 e. The number of para-hydroxylation sites is 1. The van der Waals surface area contributed by atoms with Crippen molar-refractivity contribution in [2.24, 2.45) is 0 Å². The van der Waals surface area contributed by atoms with Gasteiger partial charge in [0.25, 0.3) is 5.91 Å². The highest BCUT2D eigenvalue weighted by Gasteiger charge is 2.42. The van der Waals surface area contributed by atoms with Crippen LogP contribution in [0.1, 0.15) is 23.1 Å². The van der Waals surface area contributed by atoms with Gasteiger partial charge in [0.1, 0.15) is 5.82 Å². The number of carbonyl (C=O) groups excluding carboxylic acids is 1. The molecule has 2 aliphatic heterocycles. The standard InChI is InChI=1S/C21H22N4O2/c1-24-13-10-21(27,20(24)26)9-6-16-4-2-3-5-18(16)25-12-8-15-7-11-23-19(22)17(15)14-25/h2-5,7,11,27H,8,10,12-14H2,1H3,(H2,22,23)/t21-/m0/s1. The molecule has 4 rings (SSSR count). The fraction of sp³-hybridized carbons (Fsp3) is 0.333. The van der Waals surface area contributed by atoms with Gasteiger partial charge < -0.3 is 20.6 Å². The average Bonchev–Trinajstić information content (AvgIpc) is 2.95. The number of hydrogen-bond donors (Lipinski definition) is 2. The Bertz CT molecular complexity index is 962. The van der Waals surface area contributed by atoms with E-state index in [-0.39, 0.29) is 5.91 Å². The van der Waals surface area contributed by atoms with Crippen molar-refractivity contribution in [3.05, 3.63) is 53.2 Å². The molecular formula is C21H22N4O2. The molecule has 1 saturated heterocycles. The SMILES string of the molecule is CN1CC[C@@](O)(C#Cc2ccccc2N2CCc3ccnc(N)c3C2)C1=O. The first-order valence-electron chi connectivity index (χ1n) is 9.05. The number of nitrogen functional groups attached to an aromatic ring is 1. The topological polar surface area (TPSA) is 82.7 Å². The largest absolute Gasteiger partial charge is 0.383 e. The molecule has 0 saturated carbocycles. The number of aromatic nitrogens is 1. The second kappa shape index (κ2) is 6.60. The molecule has 27 heavy (non-hydrogen) atoms. The molecule has 3 N–H and O–H groups in total. The number of carbonyl (C=O) groups is 1. The minimum absolute atomic E-state index is 0.330. The van der Waals surface area contributed by atoms with Crippen LogP contribution in [0.4, 0.5) is 11.5 Å². The number of nitrogens with two attached hydrogens (primary N) is 1. The predicted octanol–water partition coefficient (Wildman–Crippen LogP) is 1.17. The highest BCUT2D eigenvalue weighted by molar-refractivity contribution is 5.90. The fourth-order valence-corrected chi connectivity index (χ4v) is 3.69. The van der Waals surface area contributed by atoms with Gasteiger partial charge in [0.2, 0.25) is 5.60 Å². The lowest BCUT2D eigenvalue weighted by Gasteiger charge is -2.31. The summed E-state index contributed by atoms with van der Waals surface area (Å²) in [4.78, 5) is 20.1. The van der Waals surface area contributed by atoms with E-state index in [1.54, 1.807) is 13.2 Å². The minimum atomic E-state index is -1.59. The Morgan fingerprint density at radius 2 is 2.07 bits per heavy atom. The van der Waals surface area contributed by atoms with Gasteiger partial charge >= 0.3 is 0 Å². The zero-order chi connectivity index (χ0) is 19.0. The average molecular weight is 362 g/mol. The Morgan fingerprint density at radius 1 is 1.26 bits per heavy atom. The van der Waals surface area contributed by atoms with Crippen LogP contribution in [0.2, 0.25) is 0 Å². The van der Waals surface area contributed by atoms with Gasteiger partial charge in [-0.3, -0.25) is 4.79 Å². The van der Waals surface area contributed by atoms with E-state index in [0.29, 0.717) is 25.3 Å². The Hall–Kier alpha value is -3.04. The smallest absolute Gasteiger partial charge is 0.267 e. The molecule has 2 aromatic rings. The molecule has 1 amide bonds. The summed E-state index contributed by atoms with van der Waals surface area (Å²) < 4.78 is 0. The van der Waals surface area contributed by atoms with Gasteiger partial charge in [-0.1, -0.05) is 24.0 Å². The summed E-state index contributed by atoms with van der Waals surface area (Å²) in [7, 11) is 1.68. The van der Waals surface area contributed by atoms with Crippen LogP contribution in [0.5, 0.6) is 0 Å². The summed E-state index contributed by atoms with van der Waals surface area (Å²) in [5, 5.41) is 10.6. The summed E-state index contributed by atoms with van der Waals surface area (Å²) in [5.74, 6) is 6.09. The van der Waals surface area contributed by atoms with Crippen molar-refractivity contribution < 1.29 is 9.90 Å². The van der Waals surface area contributed by atoms with Crippen LogP contribution < -0.4 is 10.6 Å². The summed E-state index contributed by atoms with van der Waals surface area (Å²) in [6.45, 7) is 2.03. The number of nitrogens with zero attached hydrogens (tertiary/aromatic N) is 3. The number of likely N-dealkylation sites (N-methyl/N-ethyl adjacent to an activating group) is 1. The quantitative estimate of drug-likeness (QED) is 0.744. The number of amides is 1. The van der Waals surface area contributed by atoms with E-state index in [0.717, 1.165) is 29.8 Å². The summed E-state index contributed by atoms with van der Waals surface area (Å²) >= 11 is 0. The molecule has 138 valence electrons. The lowest BCUT2D eigenvalue weighted by Crippen LogP contribution is -2.37. The first kappa shape index (κ1) is 17.4. The molecule has 1 fully saturated rings. The molecule has 6 nitrogen and oxygen atoms in total. The minimum Gasteiger partial charge on any atom is -0.383 e. The number of pyridine rings is 1. The zero-order valence-corrected chi connectivity index (χ0v) is 15.3. The fourth-order valence-electron chi connectivity index (χ4n) is 3.69. The van der Waals surface area contributed by atoms with Gasteiger partial charge in [-0.25, -0.2) is 4.98 Å². The maximum atomic E-state index is 12.2. The third-order valence-corrected chi connectivity index (χ3v) is 5.34. The second-order valence-electron chi connectivity index (χ2n) is 7.11. The van der Waals surface area contributed by atoms with Crippen LogP contribution in [0.3, 0.4) is 0 Å². The van der Waals surface area contributed by atoms with Crippen LogP contribution in [0.15, 0.2) is 36.5 Å². The van der Waals surface area contributed by atoms with E-state index >= 15 is 0 Å². The highest BCUT2D eigenvalue weighted by Crippen LogP contribution is 2.29. The third-order valence-electron chi connectivity index (χ3n) is 5.34. The molecule has 1 aromatic heterocycles. The van der Waals surface area contributed by atoms with Crippen molar-refractivity contribution in [2.75, 3.05) is 30.8 Å². The maximum absolute atomic E-state index is 12.2. The number of anilines is 2. The molecule has 6 heteroatoms. The van der Waals surface area contributed by atoms with Gasteiger partial charge in [0.15, 0.2) is 0 Å². The molecular weight excluding hydrogens is 340 g/mol. The van der Waals surface area contributed by atoms with Crippen LogP contribution in [-0.4, -0.2) is 46.6 Å². The molecule has 0 bridgehead atoms. The second-order valence-corrected chi connectivity index (χ2v) is 7.11. The third kappa shape index (κ3) is 3.11. The van der Waals surface area contributed by atoms with Gasteiger partial charge in [-0.15, -0.1) is 0 Å². The number of aliphatic hydroxyl groups is 1. The first-order valence-corrected chi connectivity index (χ1v) is 9.05. The normalized spacial score (nSPS) is 21.6. The van der Waals surface area contributed by atoms with Crippen molar-refractivity contribution in [3.8, 4) is 11.8 Å². The van der Waals surface area contributed by atoms with E-state index < -0.39 is 5.60 Å². The van der Waals surface area contributed by atoms with Gasteiger partial charge in [0.05, 0.1) is 5.69 Å². The van der Waals surface area contributed by atoms with E-state index in [9.17, 15) is 9.90 Å². The number of benzene rings is 1. The van der Waals surface area contributed by atoms with E-state index in [2.05, 4.69) is 21.7 Å². The van der Waals surface area contributed by atoms with E-state index in [1.807, 2.05) is 30.3 Å². The predicted molar refractivity (Wildman–Crippen MR) is 104 cm³/mol. The van der Waals surface area contributed by atoms with Crippen molar-refractivity contribution >= 4 is 17.4 Å². The van der Waals surface area contributed by atoms with Gasteiger partial charge in [-0.2, -0.15) is 0 Å². The lowest BCUT2D eigenvalue weighted by atomic mass is 9.99. The van der Waals surface area contributed by atoms with Crippen LogP contribution in [0.25, 0.3) is 0 Å². The van der Waals surface area contributed by atoms with Crippen LogP contribution in [-0.2, 0) is 17.8 Å². The highest BCUT2D eigenvalue weighted by atomic mass is 16.3. The summed E-state index contributed by atoms with van der Waals surface area (Å²) in [6.07, 6.45) is 2.97. The van der Waals surface area contributed by atoms with Crippen molar-refractivity contribution in [1.82, 2.24) is 9.88 Å². The molecule has 2 aliphatic rings. The molecule has 0 aliphatic carbocycles. The van der Waals surface area contributed by atoms with E-state index in [4.69, 9.17) is 5.73 Å². The van der Waals surface area contributed by atoms with Crippen molar-refractivity contribution in [2.45, 2.75) is 25.0 Å². The van der Waals surface area contributed by atoms with Crippen molar-refractivity contribution in [1.29, 1.82) is 0 Å². The Morgan fingerprint density at radius 3 is 2.85 bits per heavy atom.